The number of carbonyl (C=O) groups is 3. The summed E-state index contributed by atoms with van der Waals surface area (Å²) >= 11 is 0. The number of rotatable bonds is 1. The third-order valence-corrected chi connectivity index (χ3v) is 7.85. The van der Waals surface area contributed by atoms with Gasteiger partial charge in [-0.3, -0.25) is 9.59 Å². The number of cyclic esters (lactones) is 1. The van der Waals surface area contributed by atoms with Gasteiger partial charge in [-0.15, -0.1) is 17.2 Å². The Morgan fingerprint density at radius 2 is 1.95 bits per heavy atom. The van der Waals surface area contributed by atoms with Crippen molar-refractivity contribution in [2.24, 2.45) is 11.3 Å². The summed E-state index contributed by atoms with van der Waals surface area (Å²) in [5.41, 5.74) is 2.91. The van der Waals surface area contributed by atoms with Gasteiger partial charge in [0.05, 0.1) is 32.2 Å². The number of amides is 1. The molecule has 3 atom stereocenters. The van der Waals surface area contributed by atoms with Crippen LogP contribution < -0.4 is 0 Å². The Labute approximate surface area is 234 Å². The molecule has 2 aliphatic heterocycles. The molecule has 1 fully saturated rings. The van der Waals surface area contributed by atoms with Crippen LogP contribution in [0.4, 0.5) is 0 Å². The zero-order valence-electron chi connectivity index (χ0n) is 24.5. The van der Waals surface area contributed by atoms with E-state index in [1.807, 2.05) is 33.3 Å². The predicted octanol–water partition coefficient (Wildman–Crippen LogP) is 5.48. The van der Waals surface area contributed by atoms with E-state index in [1.165, 1.54) is 7.11 Å². The number of carbonyl (C=O) groups excluding carboxylic acids is 3. The molecule has 2 heterocycles. The molecule has 216 valence electrons. The van der Waals surface area contributed by atoms with E-state index >= 15 is 0 Å². The summed E-state index contributed by atoms with van der Waals surface area (Å²) in [6.07, 6.45) is 16.4. The van der Waals surface area contributed by atoms with Crippen LogP contribution in [0.3, 0.4) is 0 Å². The van der Waals surface area contributed by atoms with Crippen molar-refractivity contribution in [2.75, 3.05) is 26.9 Å². The van der Waals surface area contributed by atoms with Crippen LogP contribution in [-0.4, -0.2) is 61.8 Å². The second-order valence-electron chi connectivity index (χ2n) is 11.8. The molecular formula is C32H45NO6-2. The summed E-state index contributed by atoms with van der Waals surface area (Å²) in [6, 6.07) is -0.748. The van der Waals surface area contributed by atoms with E-state index in [2.05, 4.69) is 38.2 Å². The third-order valence-electron chi connectivity index (χ3n) is 7.85. The number of allylic oxidation sites excluding steroid dienone is 7. The Hall–Kier alpha value is -2.93. The number of hydrogen-bond donors (Lipinski definition) is 0. The fourth-order valence-corrected chi connectivity index (χ4v) is 5.21. The monoisotopic (exact) mass is 539 g/mol. The van der Waals surface area contributed by atoms with Gasteiger partial charge in [0.2, 0.25) is 5.91 Å². The Morgan fingerprint density at radius 1 is 1.18 bits per heavy atom. The first-order valence-electron chi connectivity index (χ1n) is 14.1. The summed E-state index contributed by atoms with van der Waals surface area (Å²) < 4.78 is 16.8. The predicted molar refractivity (Wildman–Crippen MR) is 151 cm³/mol. The molecule has 0 aromatic rings. The number of methoxy groups -OCH3 is 1. The summed E-state index contributed by atoms with van der Waals surface area (Å²) in [4.78, 5) is 40.8. The lowest BCUT2D eigenvalue weighted by Gasteiger charge is -2.36. The van der Waals surface area contributed by atoms with E-state index in [1.54, 1.807) is 4.90 Å². The highest BCUT2D eigenvalue weighted by Crippen LogP contribution is 2.35. The molecule has 1 amide bonds. The number of ether oxygens (including phenoxy) is 3. The van der Waals surface area contributed by atoms with Crippen molar-refractivity contribution < 1.29 is 28.6 Å². The molecule has 7 heteroatoms. The second kappa shape index (κ2) is 13.9. The summed E-state index contributed by atoms with van der Waals surface area (Å²) in [5, 5.41) is 0. The Balaban J connectivity index is 1.87. The fraction of sp³-hybridized carbons (Fsp3) is 0.594. The molecule has 0 radical (unpaired) electrons. The Kier molecular flexibility index (Phi) is 10.9. The van der Waals surface area contributed by atoms with Crippen LogP contribution in [0.25, 0.3) is 0 Å². The van der Waals surface area contributed by atoms with Gasteiger partial charge in [-0.05, 0) is 24.7 Å². The molecule has 3 rings (SSSR count). The van der Waals surface area contributed by atoms with Crippen molar-refractivity contribution in [3.8, 4) is 0 Å². The SMILES string of the molecule is COC(=O)[C@@H]1C[C@@H]2CN1C(=O)[C@H](C(C)(C)C)CC(=O)OCCCCC/C=C/C1=C[CH-]C=C[C-]1C(C)=C(C)CO2. The average molecular weight is 540 g/mol. The standard InChI is InChI=1S/C32H45NO6/c1-22-21-39-25-18-28(31(36)37-6)33(20-25)30(35)27(32(3,4)5)19-29(34)38-17-13-9-7-8-10-14-24-15-11-12-16-26(24)23(22)2/h10-12,14-16,25,27-28H,7-9,13,17-21H2,1-6H3/q-2/b14-10+,23-22?/t25-,27-,28+/m1/s1. The zero-order valence-corrected chi connectivity index (χ0v) is 24.5. The summed E-state index contributed by atoms with van der Waals surface area (Å²) in [6.45, 7) is 11.0. The minimum Gasteiger partial charge on any atom is -0.467 e. The number of esters is 2. The third kappa shape index (κ3) is 8.28. The van der Waals surface area contributed by atoms with Gasteiger partial charge in [0, 0.05) is 19.6 Å². The molecule has 0 saturated carbocycles. The van der Waals surface area contributed by atoms with Crippen LogP contribution in [0.1, 0.15) is 73.1 Å². The smallest absolute Gasteiger partial charge is 0.328 e. The number of fused-ring (bicyclic) bond motifs is 3. The van der Waals surface area contributed by atoms with Gasteiger partial charge in [-0.25, -0.2) is 40.9 Å². The molecule has 0 N–H and O–H groups in total. The van der Waals surface area contributed by atoms with Crippen LogP contribution in [0.15, 0.2) is 47.1 Å². The molecular weight excluding hydrogens is 494 g/mol. The lowest BCUT2D eigenvalue weighted by atomic mass is 9.77. The minimum atomic E-state index is -0.748. The summed E-state index contributed by atoms with van der Waals surface area (Å²) in [5.74, 6) is -0.561. The Bertz CT molecular complexity index is 1010. The van der Waals surface area contributed by atoms with E-state index in [-0.39, 0.29) is 30.9 Å². The van der Waals surface area contributed by atoms with E-state index in [9.17, 15) is 14.4 Å². The van der Waals surface area contributed by atoms with Crippen molar-refractivity contribution in [2.45, 2.75) is 85.3 Å². The summed E-state index contributed by atoms with van der Waals surface area (Å²) in [7, 11) is 1.33. The first-order chi connectivity index (χ1) is 18.5. The zero-order chi connectivity index (χ0) is 28.6. The van der Waals surface area contributed by atoms with E-state index in [0.29, 0.717) is 19.6 Å². The van der Waals surface area contributed by atoms with Gasteiger partial charge in [0.25, 0.3) is 0 Å². The average Bonchev–Trinajstić information content (AvgIpc) is 3.34. The van der Waals surface area contributed by atoms with Crippen LogP contribution in [0.2, 0.25) is 0 Å². The highest BCUT2D eigenvalue weighted by Gasteiger charge is 2.45. The molecule has 0 aromatic heterocycles. The molecule has 3 aliphatic rings. The first-order valence-corrected chi connectivity index (χ1v) is 14.1. The highest BCUT2D eigenvalue weighted by atomic mass is 16.5. The van der Waals surface area contributed by atoms with Gasteiger partial charge < -0.3 is 19.1 Å². The van der Waals surface area contributed by atoms with Gasteiger partial charge in [-0.2, -0.15) is 6.08 Å². The highest BCUT2D eigenvalue weighted by molar-refractivity contribution is 5.89. The maximum absolute atomic E-state index is 13.8. The minimum absolute atomic E-state index is 0.0275. The topological polar surface area (TPSA) is 82.1 Å². The Morgan fingerprint density at radius 3 is 2.67 bits per heavy atom. The quantitative estimate of drug-likeness (QED) is 0.324. The largest absolute Gasteiger partial charge is 0.467 e. The first kappa shape index (κ1) is 30.6. The number of hydrogen-bond acceptors (Lipinski definition) is 6. The maximum atomic E-state index is 13.8. The number of nitrogens with zero attached hydrogens (tertiary/aromatic N) is 1. The molecule has 1 aliphatic carbocycles. The molecule has 39 heavy (non-hydrogen) atoms. The van der Waals surface area contributed by atoms with E-state index in [4.69, 9.17) is 14.2 Å². The lowest BCUT2D eigenvalue weighted by molar-refractivity contribution is -0.157. The molecule has 0 spiro atoms. The van der Waals surface area contributed by atoms with Crippen molar-refractivity contribution in [3.05, 3.63) is 59.4 Å². The molecule has 0 unspecified atom stereocenters. The van der Waals surface area contributed by atoms with Crippen LogP contribution in [-0.2, 0) is 28.6 Å². The van der Waals surface area contributed by atoms with Crippen molar-refractivity contribution in [1.82, 2.24) is 4.90 Å². The molecule has 1 saturated heterocycles. The van der Waals surface area contributed by atoms with Gasteiger partial charge in [-0.1, -0.05) is 41.0 Å². The van der Waals surface area contributed by atoms with Crippen molar-refractivity contribution >= 4 is 17.8 Å². The van der Waals surface area contributed by atoms with E-state index in [0.717, 1.165) is 48.3 Å². The lowest BCUT2D eigenvalue weighted by Crippen LogP contribution is -2.47. The van der Waals surface area contributed by atoms with Crippen molar-refractivity contribution in [3.63, 3.8) is 0 Å². The molecule has 2 bridgehead atoms. The van der Waals surface area contributed by atoms with Gasteiger partial charge >= 0.3 is 11.9 Å². The van der Waals surface area contributed by atoms with Crippen molar-refractivity contribution in [1.29, 1.82) is 0 Å². The molecule has 0 aromatic carbocycles. The second-order valence-corrected chi connectivity index (χ2v) is 11.8. The molecule has 7 nitrogen and oxygen atoms in total. The van der Waals surface area contributed by atoms with Crippen LogP contribution >= 0.6 is 0 Å². The maximum Gasteiger partial charge on any atom is 0.328 e. The van der Waals surface area contributed by atoms with E-state index < -0.39 is 23.3 Å². The van der Waals surface area contributed by atoms with Crippen LogP contribution in [0.5, 0.6) is 0 Å². The normalized spacial score (nSPS) is 27.1. The fourth-order valence-electron chi connectivity index (χ4n) is 5.21. The van der Waals surface area contributed by atoms with Crippen LogP contribution in [0, 0.1) is 23.7 Å². The van der Waals surface area contributed by atoms with Gasteiger partial charge in [0.15, 0.2) is 0 Å². The van der Waals surface area contributed by atoms with Gasteiger partial charge in [0.1, 0.15) is 6.04 Å².